The third-order valence-electron chi connectivity index (χ3n) is 1.74. The van der Waals surface area contributed by atoms with Crippen LogP contribution < -0.4 is 5.73 Å². The molecule has 0 bridgehead atoms. The van der Waals surface area contributed by atoms with Crippen molar-refractivity contribution in [2.45, 2.75) is 32.1 Å². The lowest BCUT2D eigenvalue weighted by Gasteiger charge is -2.00. The summed E-state index contributed by atoms with van der Waals surface area (Å²) < 4.78 is 0. The molecule has 0 aromatic carbocycles. The summed E-state index contributed by atoms with van der Waals surface area (Å²) in [7, 11) is 0. The smallest absolute Gasteiger partial charge is 0.244 e. The summed E-state index contributed by atoms with van der Waals surface area (Å²) in [5, 5.41) is 8.47. The van der Waals surface area contributed by atoms with Crippen LogP contribution in [0.3, 0.4) is 0 Å². The van der Waals surface area contributed by atoms with E-state index in [0.29, 0.717) is 12.0 Å². The van der Waals surface area contributed by atoms with Crippen LogP contribution in [-0.4, -0.2) is 17.6 Å². The molecule has 0 aromatic heterocycles. The lowest BCUT2D eigenvalue weighted by atomic mass is 10.1. The minimum atomic E-state index is -0.405. The maximum absolute atomic E-state index is 10.5. The Morgan fingerprint density at radius 3 is 2.33 bits per heavy atom. The molecule has 0 saturated carbocycles. The van der Waals surface area contributed by atoms with Crippen LogP contribution in [0.4, 0.5) is 0 Å². The van der Waals surface area contributed by atoms with Crippen LogP contribution in [-0.2, 0) is 4.79 Å². The molecule has 0 aliphatic rings. The normalized spacial score (nSPS) is 9.75. The molecule has 3 N–H and O–H groups in total. The molecule has 0 atom stereocenters. The molecule has 0 aliphatic heterocycles. The van der Waals surface area contributed by atoms with Gasteiger partial charge in [0.05, 0.1) is 0 Å². The van der Waals surface area contributed by atoms with E-state index in [4.69, 9.17) is 10.8 Å². The van der Waals surface area contributed by atoms with Crippen LogP contribution in [0.25, 0.3) is 0 Å². The first-order valence-electron chi connectivity index (χ1n) is 4.27. The number of carbonyl (C=O) groups is 1. The molecule has 1 amide bonds. The van der Waals surface area contributed by atoms with Gasteiger partial charge in [-0.1, -0.05) is 19.4 Å². The molecule has 0 aromatic rings. The Balaban J connectivity index is 3.20. The highest BCUT2D eigenvalue weighted by molar-refractivity contribution is 5.91. The Hall–Kier alpha value is -0.830. The van der Waals surface area contributed by atoms with E-state index in [1.54, 1.807) is 0 Å². The van der Waals surface area contributed by atoms with Gasteiger partial charge in [-0.25, -0.2) is 0 Å². The third-order valence-corrected chi connectivity index (χ3v) is 1.74. The van der Waals surface area contributed by atoms with Gasteiger partial charge in [0.15, 0.2) is 0 Å². The second-order valence-corrected chi connectivity index (χ2v) is 2.86. The first kappa shape index (κ1) is 11.2. The van der Waals surface area contributed by atoms with E-state index >= 15 is 0 Å². The minimum absolute atomic E-state index is 0.247. The molecule has 0 aliphatic carbocycles. The fourth-order valence-electron chi connectivity index (χ4n) is 0.927. The van der Waals surface area contributed by atoms with E-state index < -0.39 is 5.91 Å². The fourth-order valence-corrected chi connectivity index (χ4v) is 0.927. The number of unbranched alkanes of at least 4 members (excludes halogenated alkanes) is 3. The van der Waals surface area contributed by atoms with Gasteiger partial charge in [0.25, 0.3) is 0 Å². The number of aliphatic hydroxyl groups excluding tert-OH is 1. The lowest BCUT2D eigenvalue weighted by Crippen LogP contribution is -2.12. The van der Waals surface area contributed by atoms with Crippen molar-refractivity contribution in [1.82, 2.24) is 0 Å². The SMILES string of the molecule is C=C(CCCCCCO)C(N)=O. The molecular formula is C9H17NO2. The van der Waals surface area contributed by atoms with Crippen LogP contribution in [0.2, 0.25) is 0 Å². The monoisotopic (exact) mass is 171 g/mol. The zero-order chi connectivity index (χ0) is 9.40. The number of primary amides is 1. The topological polar surface area (TPSA) is 63.3 Å². The van der Waals surface area contributed by atoms with Crippen LogP contribution in [0.15, 0.2) is 12.2 Å². The van der Waals surface area contributed by atoms with Gasteiger partial charge < -0.3 is 10.8 Å². The van der Waals surface area contributed by atoms with Gasteiger partial charge in [0.1, 0.15) is 0 Å². The zero-order valence-corrected chi connectivity index (χ0v) is 7.38. The van der Waals surface area contributed by atoms with Crippen LogP contribution >= 0.6 is 0 Å². The molecule has 0 radical (unpaired) electrons. The average Bonchev–Trinajstić information content (AvgIpc) is 2.03. The Bertz CT molecular complexity index is 155. The summed E-state index contributed by atoms with van der Waals surface area (Å²) in [5.74, 6) is -0.405. The summed E-state index contributed by atoms with van der Waals surface area (Å²) in [6.07, 6.45) is 4.47. The van der Waals surface area contributed by atoms with Gasteiger partial charge in [-0.15, -0.1) is 0 Å². The minimum Gasteiger partial charge on any atom is -0.396 e. The summed E-state index contributed by atoms with van der Waals surface area (Å²) >= 11 is 0. The van der Waals surface area contributed by atoms with Crippen molar-refractivity contribution in [2.24, 2.45) is 5.73 Å². The quantitative estimate of drug-likeness (QED) is 0.443. The molecule has 0 unspecified atom stereocenters. The second kappa shape index (κ2) is 6.85. The van der Waals surface area contributed by atoms with Crippen LogP contribution in [0.1, 0.15) is 32.1 Å². The standard InChI is InChI=1S/C9H17NO2/c1-8(9(10)12)6-4-2-3-5-7-11/h11H,1-7H2,(H2,10,12). The molecule has 3 heteroatoms. The number of nitrogens with two attached hydrogens (primary N) is 1. The van der Waals surface area contributed by atoms with E-state index in [1.165, 1.54) is 0 Å². The molecule has 0 saturated heterocycles. The Morgan fingerprint density at radius 2 is 1.83 bits per heavy atom. The van der Waals surface area contributed by atoms with Crippen molar-refractivity contribution in [1.29, 1.82) is 0 Å². The predicted molar refractivity (Wildman–Crippen MR) is 48.5 cm³/mol. The molecule has 70 valence electrons. The van der Waals surface area contributed by atoms with Crippen molar-refractivity contribution >= 4 is 5.91 Å². The van der Waals surface area contributed by atoms with E-state index in [9.17, 15) is 4.79 Å². The molecule has 0 heterocycles. The number of carbonyl (C=O) groups excluding carboxylic acids is 1. The van der Waals surface area contributed by atoms with Gasteiger partial charge in [0, 0.05) is 12.2 Å². The van der Waals surface area contributed by atoms with Crippen molar-refractivity contribution in [3.63, 3.8) is 0 Å². The molecular weight excluding hydrogens is 154 g/mol. The predicted octanol–water partition coefficient (Wildman–Crippen LogP) is 0.971. The van der Waals surface area contributed by atoms with E-state index in [1.807, 2.05) is 0 Å². The summed E-state index contributed by atoms with van der Waals surface area (Å²) in [4.78, 5) is 10.5. The van der Waals surface area contributed by atoms with Gasteiger partial charge in [0.2, 0.25) is 5.91 Å². The largest absolute Gasteiger partial charge is 0.396 e. The number of hydrogen-bond acceptors (Lipinski definition) is 2. The van der Waals surface area contributed by atoms with E-state index in [0.717, 1.165) is 25.7 Å². The molecule has 0 spiro atoms. The highest BCUT2D eigenvalue weighted by Gasteiger charge is 1.99. The molecule has 0 rings (SSSR count). The number of hydrogen-bond donors (Lipinski definition) is 2. The van der Waals surface area contributed by atoms with Crippen molar-refractivity contribution in [3.05, 3.63) is 12.2 Å². The highest BCUT2D eigenvalue weighted by atomic mass is 16.2. The van der Waals surface area contributed by atoms with Gasteiger partial charge in [-0.05, 0) is 19.3 Å². The third kappa shape index (κ3) is 5.92. The lowest BCUT2D eigenvalue weighted by molar-refractivity contribution is -0.114. The first-order chi connectivity index (χ1) is 5.68. The Kier molecular flexibility index (Phi) is 6.38. The number of aliphatic hydroxyl groups is 1. The fraction of sp³-hybridized carbons (Fsp3) is 0.667. The summed E-state index contributed by atoms with van der Waals surface area (Å²) in [5.41, 5.74) is 5.50. The van der Waals surface area contributed by atoms with Crippen molar-refractivity contribution in [3.8, 4) is 0 Å². The van der Waals surface area contributed by atoms with Crippen molar-refractivity contribution in [2.75, 3.05) is 6.61 Å². The zero-order valence-electron chi connectivity index (χ0n) is 7.38. The van der Waals surface area contributed by atoms with E-state index in [2.05, 4.69) is 6.58 Å². The number of amides is 1. The van der Waals surface area contributed by atoms with Gasteiger partial charge in [-0.3, -0.25) is 4.79 Å². The molecule has 3 nitrogen and oxygen atoms in total. The summed E-state index contributed by atoms with van der Waals surface area (Å²) in [6.45, 7) is 3.79. The van der Waals surface area contributed by atoms with E-state index in [-0.39, 0.29) is 6.61 Å². The van der Waals surface area contributed by atoms with Crippen LogP contribution in [0.5, 0.6) is 0 Å². The maximum Gasteiger partial charge on any atom is 0.244 e. The molecule has 12 heavy (non-hydrogen) atoms. The second-order valence-electron chi connectivity index (χ2n) is 2.86. The maximum atomic E-state index is 10.5. The van der Waals surface area contributed by atoms with Crippen molar-refractivity contribution < 1.29 is 9.90 Å². The van der Waals surface area contributed by atoms with Gasteiger partial charge >= 0.3 is 0 Å². The highest BCUT2D eigenvalue weighted by Crippen LogP contribution is 2.07. The Labute approximate surface area is 73.3 Å². The van der Waals surface area contributed by atoms with Crippen LogP contribution in [0, 0.1) is 0 Å². The Morgan fingerprint density at radius 1 is 1.25 bits per heavy atom. The molecule has 0 fully saturated rings. The summed E-state index contributed by atoms with van der Waals surface area (Å²) in [6, 6.07) is 0. The first-order valence-corrected chi connectivity index (χ1v) is 4.27. The van der Waals surface area contributed by atoms with Gasteiger partial charge in [-0.2, -0.15) is 0 Å². The number of rotatable bonds is 7. The average molecular weight is 171 g/mol.